The molecule has 0 atom stereocenters. The summed E-state index contributed by atoms with van der Waals surface area (Å²) in [5.74, 6) is -0.784. The predicted molar refractivity (Wildman–Crippen MR) is 108 cm³/mol. The van der Waals surface area contributed by atoms with Crippen molar-refractivity contribution in [2.24, 2.45) is 5.92 Å². The van der Waals surface area contributed by atoms with E-state index in [-0.39, 0.29) is 35.0 Å². The molecule has 0 unspecified atom stereocenters. The Morgan fingerprint density at radius 2 is 1.77 bits per heavy atom. The molecule has 0 bridgehead atoms. The molecule has 1 heterocycles. The molecule has 1 aliphatic heterocycles. The number of halogens is 1. The topological polar surface area (TPSA) is 89.8 Å². The highest BCUT2D eigenvalue weighted by atomic mass is 19.1. The number of hydrogen-bond acceptors (Lipinski definition) is 5. The number of ether oxygens (including phenoxy) is 1. The SMILES string of the molecule is CC(C)Oc1ccc([N+](=O)[O-])cc1C(=O)N1CCC(C(=O)c2ccc(F)cc2)CC1. The van der Waals surface area contributed by atoms with Crippen LogP contribution in [-0.4, -0.2) is 40.7 Å². The smallest absolute Gasteiger partial charge is 0.270 e. The number of benzene rings is 2. The van der Waals surface area contributed by atoms with Crippen LogP contribution in [0.4, 0.5) is 10.1 Å². The zero-order chi connectivity index (χ0) is 21.8. The summed E-state index contributed by atoms with van der Waals surface area (Å²) < 4.78 is 18.7. The van der Waals surface area contributed by atoms with E-state index in [1.54, 1.807) is 4.90 Å². The first-order valence-electron chi connectivity index (χ1n) is 9.80. The first-order chi connectivity index (χ1) is 14.3. The number of Topliss-reactive ketones (excluding diaryl/α,β-unsaturated/α-hetero) is 1. The summed E-state index contributed by atoms with van der Waals surface area (Å²) in [4.78, 5) is 37.9. The minimum absolute atomic E-state index is 0.0683. The number of amides is 1. The van der Waals surface area contributed by atoms with Crippen LogP contribution in [0.3, 0.4) is 0 Å². The van der Waals surface area contributed by atoms with E-state index in [0.717, 1.165) is 0 Å². The molecule has 0 aliphatic carbocycles. The van der Waals surface area contributed by atoms with Gasteiger partial charge in [-0.05, 0) is 57.0 Å². The molecule has 1 saturated heterocycles. The van der Waals surface area contributed by atoms with Crippen LogP contribution >= 0.6 is 0 Å². The normalized spacial score (nSPS) is 14.6. The van der Waals surface area contributed by atoms with Crippen LogP contribution < -0.4 is 4.74 Å². The molecule has 0 saturated carbocycles. The van der Waals surface area contributed by atoms with Crippen LogP contribution in [0.1, 0.15) is 47.4 Å². The summed E-state index contributed by atoms with van der Waals surface area (Å²) in [5.41, 5.74) is 0.407. The zero-order valence-corrected chi connectivity index (χ0v) is 16.8. The summed E-state index contributed by atoms with van der Waals surface area (Å²) >= 11 is 0. The average molecular weight is 414 g/mol. The maximum absolute atomic E-state index is 13.1. The van der Waals surface area contributed by atoms with Crippen LogP contribution in [0.15, 0.2) is 42.5 Å². The third-order valence-corrected chi connectivity index (χ3v) is 5.05. The number of ketones is 1. The molecule has 30 heavy (non-hydrogen) atoms. The largest absolute Gasteiger partial charge is 0.490 e. The van der Waals surface area contributed by atoms with Gasteiger partial charge in [0.25, 0.3) is 11.6 Å². The monoisotopic (exact) mass is 414 g/mol. The Bertz CT molecular complexity index is 951. The van der Waals surface area contributed by atoms with Crippen LogP contribution in [0, 0.1) is 21.8 Å². The molecule has 1 aliphatic rings. The van der Waals surface area contributed by atoms with Crippen LogP contribution in [0.2, 0.25) is 0 Å². The van der Waals surface area contributed by atoms with E-state index in [2.05, 4.69) is 0 Å². The lowest BCUT2D eigenvalue weighted by atomic mass is 9.88. The van der Waals surface area contributed by atoms with Crippen molar-refractivity contribution in [3.8, 4) is 5.75 Å². The molecule has 158 valence electrons. The summed E-state index contributed by atoms with van der Waals surface area (Å²) in [6.07, 6.45) is 0.742. The van der Waals surface area contributed by atoms with Crippen molar-refractivity contribution < 1.29 is 23.6 Å². The predicted octanol–water partition coefficient (Wildman–Crippen LogP) is 4.26. The van der Waals surface area contributed by atoms with Crippen LogP contribution in [0.25, 0.3) is 0 Å². The van der Waals surface area contributed by atoms with E-state index in [0.29, 0.717) is 37.2 Å². The molecular formula is C22H23FN2O5. The van der Waals surface area contributed by atoms with Gasteiger partial charge in [0.2, 0.25) is 0 Å². The summed E-state index contributed by atoms with van der Waals surface area (Å²) in [5, 5.41) is 11.1. The minimum atomic E-state index is -0.552. The number of carbonyl (C=O) groups excluding carboxylic acids is 2. The highest BCUT2D eigenvalue weighted by Crippen LogP contribution is 2.29. The minimum Gasteiger partial charge on any atom is -0.490 e. The zero-order valence-electron chi connectivity index (χ0n) is 16.8. The van der Waals surface area contributed by atoms with Crippen molar-refractivity contribution in [1.29, 1.82) is 0 Å². The Labute approximate surface area is 173 Å². The van der Waals surface area contributed by atoms with Crippen LogP contribution in [-0.2, 0) is 0 Å². The van der Waals surface area contributed by atoms with E-state index in [9.17, 15) is 24.1 Å². The van der Waals surface area contributed by atoms with Gasteiger partial charge in [-0.2, -0.15) is 0 Å². The maximum atomic E-state index is 13.1. The number of non-ortho nitro benzene ring substituents is 1. The molecule has 1 amide bonds. The van der Waals surface area contributed by atoms with Crippen LogP contribution in [0.5, 0.6) is 5.75 Å². The van der Waals surface area contributed by atoms with E-state index >= 15 is 0 Å². The molecule has 7 nitrogen and oxygen atoms in total. The van der Waals surface area contributed by atoms with E-state index in [4.69, 9.17) is 4.74 Å². The third-order valence-electron chi connectivity index (χ3n) is 5.05. The van der Waals surface area contributed by atoms with Gasteiger partial charge in [0.1, 0.15) is 11.6 Å². The fourth-order valence-corrected chi connectivity index (χ4v) is 3.52. The molecule has 0 radical (unpaired) electrons. The van der Waals surface area contributed by atoms with E-state index in [1.165, 1.54) is 42.5 Å². The number of hydrogen-bond donors (Lipinski definition) is 0. The van der Waals surface area contributed by atoms with Crippen molar-refractivity contribution in [2.75, 3.05) is 13.1 Å². The van der Waals surface area contributed by atoms with Gasteiger partial charge >= 0.3 is 0 Å². The molecule has 0 spiro atoms. The maximum Gasteiger partial charge on any atom is 0.270 e. The average Bonchev–Trinajstić information content (AvgIpc) is 2.73. The van der Waals surface area contributed by atoms with Crippen molar-refractivity contribution >= 4 is 17.4 Å². The number of nitro benzene ring substituents is 1. The lowest BCUT2D eigenvalue weighted by Gasteiger charge is -2.31. The Kier molecular flexibility index (Phi) is 6.44. The standard InChI is InChI=1S/C22H23FN2O5/c1-14(2)30-20-8-7-18(25(28)29)13-19(20)22(27)24-11-9-16(10-12-24)21(26)15-3-5-17(23)6-4-15/h3-8,13-14,16H,9-12H2,1-2H3. The molecule has 0 N–H and O–H groups in total. The van der Waals surface area contributed by atoms with E-state index in [1.807, 2.05) is 13.8 Å². The highest BCUT2D eigenvalue weighted by Gasteiger charge is 2.30. The first-order valence-corrected chi connectivity index (χ1v) is 9.80. The van der Waals surface area contributed by atoms with Crippen molar-refractivity contribution in [2.45, 2.75) is 32.8 Å². The lowest BCUT2D eigenvalue weighted by molar-refractivity contribution is -0.384. The van der Waals surface area contributed by atoms with Crippen molar-refractivity contribution in [1.82, 2.24) is 4.90 Å². The number of nitrogens with zero attached hydrogens (tertiary/aromatic N) is 2. The molecule has 3 rings (SSSR count). The Morgan fingerprint density at radius 3 is 2.33 bits per heavy atom. The highest BCUT2D eigenvalue weighted by molar-refractivity contribution is 5.99. The van der Waals surface area contributed by atoms with Gasteiger partial charge in [0.05, 0.1) is 16.6 Å². The van der Waals surface area contributed by atoms with Crippen molar-refractivity contribution in [3.63, 3.8) is 0 Å². The molecule has 8 heteroatoms. The first kappa shape index (κ1) is 21.4. The Hall–Kier alpha value is -3.29. The molecule has 2 aromatic rings. The number of nitro groups is 1. The fourth-order valence-electron chi connectivity index (χ4n) is 3.52. The number of likely N-dealkylation sites (tertiary alicyclic amines) is 1. The Morgan fingerprint density at radius 1 is 1.13 bits per heavy atom. The third kappa shape index (κ3) is 4.82. The molecule has 0 aromatic heterocycles. The van der Waals surface area contributed by atoms with Gasteiger partial charge in [0, 0.05) is 36.7 Å². The van der Waals surface area contributed by atoms with Gasteiger partial charge in [-0.25, -0.2) is 4.39 Å². The second-order valence-corrected chi connectivity index (χ2v) is 7.54. The van der Waals surface area contributed by atoms with Crippen molar-refractivity contribution in [3.05, 3.63) is 69.5 Å². The van der Waals surface area contributed by atoms with Gasteiger partial charge in [-0.3, -0.25) is 19.7 Å². The number of piperidine rings is 1. The summed E-state index contributed by atoms with van der Waals surface area (Å²) in [6, 6.07) is 9.42. The Balaban J connectivity index is 1.73. The second-order valence-electron chi connectivity index (χ2n) is 7.54. The van der Waals surface area contributed by atoms with E-state index < -0.39 is 10.7 Å². The van der Waals surface area contributed by atoms with Gasteiger partial charge in [-0.1, -0.05) is 0 Å². The van der Waals surface area contributed by atoms with Gasteiger partial charge in [0.15, 0.2) is 5.78 Å². The summed E-state index contributed by atoms with van der Waals surface area (Å²) in [7, 11) is 0. The van der Waals surface area contributed by atoms with Gasteiger partial charge < -0.3 is 9.64 Å². The lowest BCUT2D eigenvalue weighted by Crippen LogP contribution is -2.40. The number of rotatable bonds is 6. The second kappa shape index (κ2) is 9.02. The van der Waals surface area contributed by atoms with Gasteiger partial charge in [-0.15, -0.1) is 0 Å². The summed E-state index contributed by atoms with van der Waals surface area (Å²) in [6.45, 7) is 4.31. The molecule has 2 aromatic carbocycles. The fraction of sp³-hybridized carbons (Fsp3) is 0.364. The number of carbonyl (C=O) groups is 2. The molecular weight excluding hydrogens is 391 g/mol. The molecule has 1 fully saturated rings. The quantitative estimate of drug-likeness (QED) is 0.400.